The van der Waals surface area contributed by atoms with E-state index in [1.165, 1.54) is 17.5 Å². The molecular weight excluding hydrogens is 296 g/mol. The maximum atomic E-state index is 12.3. The highest BCUT2D eigenvalue weighted by Crippen LogP contribution is 2.23. The first-order valence-corrected chi connectivity index (χ1v) is 8.53. The number of nitrogens with one attached hydrogen (secondary N) is 2. The zero-order valence-corrected chi connectivity index (χ0v) is 12.9. The van der Waals surface area contributed by atoms with E-state index in [0.29, 0.717) is 17.4 Å². The monoisotopic (exact) mass is 312 g/mol. The summed E-state index contributed by atoms with van der Waals surface area (Å²) in [4.78, 5) is 8.06. The largest absolute Gasteiger partial charge is 0.383 e. The first kappa shape index (κ1) is 14.7. The van der Waals surface area contributed by atoms with Crippen molar-refractivity contribution < 1.29 is 8.42 Å². The smallest absolute Gasteiger partial charge is 0.283 e. The van der Waals surface area contributed by atoms with Crippen molar-refractivity contribution in [2.75, 3.05) is 16.6 Å². The Balaban J connectivity index is 2.29. The van der Waals surface area contributed by atoms with E-state index in [0.717, 1.165) is 12.1 Å². The molecule has 0 saturated carbocycles. The second-order valence-electron chi connectivity index (χ2n) is 4.18. The Labute approximate surface area is 122 Å². The Morgan fingerprint density at radius 3 is 2.85 bits per heavy atom. The van der Waals surface area contributed by atoms with Crippen LogP contribution in [0.5, 0.6) is 0 Å². The second-order valence-corrected chi connectivity index (χ2v) is 6.64. The van der Waals surface area contributed by atoms with Gasteiger partial charge in [0.15, 0.2) is 10.2 Å². The number of pyridine rings is 1. The van der Waals surface area contributed by atoms with Gasteiger partial charge in [-0.2, -0.15) is 8.42 Å². The number of anilines is 2. The van der Waals surface area contributed by atoms with Gasteiger partial charge in [-0.25, -0.2) is 9.97 Å². The molecule has 8 heteroatoms. The molecule has 0 saturated heterocycles. The Bertz CT molecular complexity index is 682. The summed E-state index contributed by atoms with van der Waals surface area (Å²) in [5.41, 5.74) is 1.27. The number of hydrogen-bond acceptors (Lipinski definition) is 6. The van der Waals surface area contributed by atoms with Crippen LogP contribution in [0.1, 0.15) is 19.0 Å². The maximum Gasteiger partial charge on any atom is 0.283 e. The Morgan fingerprint density at radius 1 is 1.40 bits per heavy atom. The zero-order valence-electron chi connectivity index (χ0n) is 11.3. The molecule has 20 heavy (non-hydrogen) atoms. The van der Waals surface area contributed by atoms with Gasteiger partial charge in [0.25, 0.3) is 10.0 Å². The number of rotatable bonds is 6. The molecule has 2 rings (SSSR count). The van der Waals surface area contributed by atoms with Crippen molar-refractivity contribution in [2.45, 2.75) is 25.3 Å². The van der Waals surface area contributed by atoms with E-state index in [2.05, 4.69) is 20.0 Å². The van der Waals surface area contributed by atoms with Gasteiger partial charge in [0.05, 0.1) is 11.4 Å². The molecule has 2 aromatic heterocycles. The minimum Gasteiger partial charge on any atom is -0.383 e. The molecule has 0 aliphatic carbocycles. The fourth-order valence-electron chi connectivity index (χ4n) is 1.56. The maximum absolute atomic E-state index is 12.3. The van der Waals surface area contributed by atoms with Gasteiger partial charge in [0.1, 0.15) is 0 Å². The van der Waals surface area contributed by atoms with Crippen molar-refractivity contribution in [3.8, 4) is 0 Å². The van der Waals surface area contributed by atoms with Gasteiger partial charge >= 0.3 is 0 Å². The lowest BCUT2D eigenvalue weighted by Gasteiger charge is -2.10. The molecule has 0 atom stereocenters. The van der Waals surface area contributed by atoms with E-state index in [4.69, 9.17) is 0 Å². The van der Waals surface area contributed by atoms with E-state index in [-0.39, 0.29) is 5.03 Å². The summed E-state index contributed by atoms with van der Waals surface area (Å²) < 4.78 is 27.1. The minimum atomic E-state index is -3.74. The quantitative estimate of drug-likeness (QED) is 0.856. The predicted molar refractivity (Wildman–Crippen MR) is 80.7 cm³/mol. The van der Waals surface area contributed by atoms with Gasteiger partial charge < -0.3 is 5.32 Å². The van der Waals surface area contributed by atoms with E-state index in [1.54, 1.807) is 17.5 Å². The third-order valence-corrected chi connectivity index (χ3v) is 4.73. The highest BCUT2D eigenvalue weighted by atomic mass is 32.2. The van der Waals surface area contributed by atoms with Crippen LogP contribution in [-0.4, -0.2) is 24.9 Å². The Morgan fingerprint density at radius 2 is 2.20 bits per heavy atom. The van der Waals surface area contributed by atoms with E-state index < -0.39 is 10.0 Å². The summed E-state index contributed by atoms with van der Waals surface area (Å²) in [5.74, 6) is 0. The molecule has 0 spiro atoms. The SMILES string of the molecule is CCCNc1cccnc1S(=O)(=O)Nc1nc(C)cs1. The summed E-state index contributed by atoms with van der Waals surface area (Å²) in [6, 6.07) is 3.40. The van der Waals surface area contributed by atoms with E-state index in [9.17, 15) is 8.42 Å². The number of nitrogens with zero attached hydrogens (tertiary/aromatic N) is 2. The molecule has 0 aromatic carbocycles. The van der Waals surface area contributed by atoms with Gasteiger partial charge in [0.2, 0.25) is 0 Å². The molecule has 108 valence electrons. The number of thiazole rings is 1. The fraction of sp³-hybridized carbons (Fsp3) is 0.333. The average Bonchev–Trinajstić information content (AvgIpc) is 2.81. The van der Waals surface area contributed by atoms with E-state index >= 15 is 0 Å². The van der Waals surface area contributed by atoms with Crippen molar-refractivity contribution in [3.05, 3.63) is 29.4 Å². The summed E-state index contributed by atoms with van der Waals surface area (Å²) in [7, 11) is -3.74. The van der Waals surface area contributed by atoms with Crippen LogP contribution >= 0.6 is 11.3 Å². The molecule has 0 radical (unpaired) electrons. The molecule has 0 unspecified atom stereocenters. The van der Waals surface area contributed by atoms with Crippen molar-refractivity contribution >= 4 is 32.2 Å². The highest BCUT2D eigenvalue weighted by molar-refractivity contribution is 7.93. The van der Waals surface area contributed by atoms with Crippen LogP contribution in [0.2, 0.25) is 0 Å². The lowest BCUT2D eigenvalue weighted by molar-refractivity contribution is 0.598. The van der Waals surface area contributed by atoms with Gasteiger partial charge in [-0.3, -0.25) is 4.72 Å². The van der Waals surface area contributed by atoms with Gasteiger partial charge in [-0.1, -0.05) is 6.92 Å². The number of aryl methyl sites for hydroxylation is 1. The predicted octanol–water partition coefficient (Wildman–Crippen LogP) is 2.47. The molecule has 0 aliphatic rings. The van der Waals surface area contributed by atoms with Crippen molar-refractivity contribution in [2.24, 2.45) is 0 Å². The van der Waals surface area contributed by atoms with Crippen LogP contribution in [-0.2, 0) is 10.0 Å². The summed E-state index contributed by atoms with van der Waals surface area (Å²) >= 11 is 1.25. The van der Waals surface area contributed by atoms with Gasteiger partial charge in [0, 0.05) is 18.1 Å². The molecule has 2 heterocycles. The second kappa shape index (κ2) is 6.19. The zero-order chi connectivity index (χ0) is 14.6. The molecule has 0 fully saturated rings. The normalized spacial score (nSPS) is 11.3. The fourth-order valence-corrected chi connectivity index (χ4v) is 3.62. The van der Waals surface area contributed by atoms with Crippen LogP contribution in [0.3, 0.4) is 0 Å². The minimum absolute atomic E-state index is 0.0127. The van der Waals surface area contributed by atoms with Crippen LogP contribution in [0, 0.1) is 6.92 Å². The van der Waals surface area contributed by atoms with Crippen LogP contribution in [0.25, 0.3) is 0 Å². The number of hydrogen-bond donors (Lipinski definition) is 2. The number of sulfonamides is 1. The first-order valence-electron chi connectivity index (χ1n) is 6.17. The van der Waals surface area contributed by atoms with Crippen molar-refractivity contribution in [1.82, 2.24) is 9.97 Å². The summed E-state index contributed by atoms with van der Waals surface area (Å²) in [6.45, 7) is 4.50. The topological polar surface area (TPSA) is 84.0 Å². The van der Waals surface area contributed by atoms with Gasteiger partial charge in [-0.05, 0) is 25.5 Å². The van der Waals surface area contributed by atoms with Crippen LogP contribution in [0.15, 0.2) is 28.7 Å². The lowest BCUT2D eigenvalue weighted by atomic mass is 10.4. The van der Waals surface area contributed by atoms with E-state index in [1.807, 2.05) is 13.8 Å². The third-order valence-electron chi connectivity index (χ3n) is 2.43. The molecule has 0 aliphatic heterocycles. The summed E-state index contributed by atoms with van der Waals surface area (Å²) in [6.07, 6.45) is 2.35. The molecular formula is C12H16N4O2S2. The highest BCUT2D eigenvalue weighted by Gasteiger charge is 2.21. The Hall–Kier alpha value is -1.67. The van der Waals surface area contributed by atoms with Crippen molar-refractivity contribution in [3.63, 3.8) is 0 Å². The average molecular weight is 312 g/mol. The molecule has 0 amide bonds. The number of aromatic nitrogens is 2. The molecule has 6 nitrogen and oxygen atoms in total. The van der Waals surface area contributed by atoms with Crippen molar-refractivity contribution in [1.29, 1.82) is 0 Å². The third kappa shape index (κ3) is 3.45. The molecule has 2 N–H and O–H groups in total. The summed E-state index contributed by atoms with van der Waals surface area (Å²) in [5, 5.41) is 5.18. The molecule has 0 bridgehead atoms. The lowest BCUT2D eigenvalue weighted by Crippen LogP contribution is -2.17. The van der Waals surface area contributed by atoms with Crippen LogP contribution < -0.4 is 10.0 Å². The Kier molecular flexibility index (Phi) is 4.56. The first-order chi connectivity index (χ1) is 9.53. The standard InChI is InChI=1S/C12H16N4O2S2/c1-3-6-13-10-5-4-7-14-11(10)20(17,18)16-12-15-9(2)8-19-12/h4-5,7-8,13H,3,6H2,1-2H3,(H,15,16). The van der Waals surface area contributed by atoms with Gasteiger partial charge in [-0.15, -0.1) is 11.3 Å². The van der Waals surface area contributed by atoms with Crippen LogP contribution in [0.4, 0.5) is 10.8 Å². The molecule has 2 aromatic rings.